The van der Waals surface area contributed by atoms with Crippen LogP contribution in [0.5, 0.6) is 5.75 Å². The second-order valence-electron chi connectivity index (χ2n) is 13.8. The van der Waals surface area contributed by atoms with Crippen molar-refractivity contribution >= 4 is 17.7 Å². The number of hydrogen-bond acceptors (Lipinski definition) is 9. The van der Waals surface area contributed by atoms with Gasteiger partial charge in [0.05, 0.1) is 26.3 Å². The third kappa shape index (κ3) is 7.49. The van der Waals surface area contributed by atoms with Crippen LogP contribution in [0.3, 0.4) is 0 Å². The molecule has 11 heteroatoms. The first kappa shape index (κ1) is 33.5. The first-order valence-corrected chi connectivity index (χ1v) is 17.2. The van der Waals surface area contributed by atoms with Gasteiger partial charge >= 0.3 is 6.09 Å². The summed E-state index contributed by atoms with van der Waals surface area (Å²) in [4.78, 5) is 39.5. The van der Waals surface area contributed by atoms with Gasteiger partial charge < -0.3 is 28.8 Å². The molecule has 0 spiro atoms. The molecule has 1 aromatic carbocycles. The summed E-state index contributed by atoms with van der Waals surface area (Å²) in [7, 11) is 1.54. The van der Waals surface area contributed by atoms with Crippen LogP contribution in [-0.4, -0.2) is 70.9 Å². The van der Waals surface area contributed by atoms with Gasteiger partial charge in [-0.15, -0.1) is 0 Å². The van der Waals surface area contributed by atoms with Crippen molar-refractivity contribution in [2.75, 3.05) is 31.6 Å². The lowest BCUT2D eigenvalue weighted by Crippen LogP contribution is -2.54. The molecular formula is C37H45N5O6. The zero-order valence-electron chi connectivity index (χ0n) is 28.0. The van der Waals surface area contributed by atoms with E-state index in [1.165, 1.54) is 4.90 Å². The number of aliphatic hydroxyl groups is 1. The Hall–Kier alpha value is -4.43. The van der Waals surface area contributed by atoms with Crippen LogP contribution in [0.25, 0.3) is 11.3 Å². The van der Waals surface area contributed by atoms with Gasteiger partial charge in [-0.2, -0.15) is 5.26 Å². The highest BCUT2D eigenvalue weighted by Crippen LogP contribution is 2.38. The number of aliphatic hydroxyl groups excluding tert-OH is 1. The second kappa shape index (κ2) is 14.8. The summed E-state index contributed by atoms with van der Waals surface area (Å²) < 4.78 is 16.7. The number of nitrogens with zero attached hydrogens (tertiary/aromatic N) is 5. The van der Waals surface area contributed by atoms with Crippen molar-refractivity contribution in [1.29, 1.82) is 5.26 Å². The molecule has 48 heavy (non-hydrogen) atoms. The molecule has 3 aromatic rings. The molecule has 0 unspecified atom stereocenters. The summed E-state index contributed by atoms with van der Waals surface area (Å²) in [5.41, 5.74) is 3.71. The number of amides is 2. The van der Waals surface area contributed by atoms with Crippen LogP contribution in [0.15, 0.2) is 47.1 Å². The van der Waals surface area contributed by atoms with E-state index in [2.05, 4.69) is 16.0 Å². The maximum absolute atomic E-state index is 14.4. The first-order valence-electron chi connectivity index (χ1n) is 17.2. The van der Waals surface area contributed by atoms with Crippen molar-refractivity contribution in [2.24, 2.45) is 11.8 Å². The van der Waals surface area contributed by atoms with E-state index in [4.69, 9.17) is 13.9 Å². The highest BCUT2D eigenvalue weighted by molar-refractivity contribution is 5.95. The van der Waals surface area contributed by atoms with Crippen LogP contribution >= 0.6 is 0 Å². The molecule has 2 aliphatic carbocycles. The largest absolute Gasteiger partial charge is 0.494 e. The number of ether oxygens (including phenoxy) is 2. The number of methoxy groups -OCH3 is 1. The molecule has 0 radical (unpaired) electrons. The maximum Gasteiger partial charge on any atom is 0.410 e. The maximum atomic E-state index is 14.4. The van der Waals surface area contributed by atoms with Gasteiger partial charge in [0.1, 0.15) is 24.1 Å². The number of pyridine rings is 1. The zero-order valence-corrected chi connectivity index (χ0v) is 28.0. The van der Waals surface area contributed by atoms with Gasteiger partial charge in [-0.05, 0) is 81.5 Å². The van der Waals surface area contributed by atoms with Gasteiger partial charge in [-0.1, -0.05) is 26.0 Å². The SMILES string of the molecule is COc1ccc([C@H]2CC[C@H](CN(c3cccc(-c4coc(C(C)C)n4)c3)C(=O)[C@H]3CC[C@H](OC(=O)N4CC(O)C4)CC3)CC2)nc1C#N. The fourth-order valence-corrected chi connectivity index (χ4v) is 7.14. The lowest BCUT2D eigenvalue weighted by molar-refractivity contribution is -0.124. The molecule has 254 valence electrons. The third-order valence-corrected chi connectivity index (χ3v) is 10.1. The van der Waals surface area contributed by atoms with E-state index in [-0.39, 0.29) is 35.9 Å². The highest BCUT2D eigenvalue weighted by atomic mass is 16.6. The molecule has 1 aliphatic heterocycles. The van der Waals surface area contributed by atoms with E-state index in [9.17, 15) is 20.0 Å². The number of rotatable bonds is 9. The number of likely N-dealkylation sites (tertiary alicyclic amines) is 1. The Balaban J connectivity index is 1.15. The summed E-state index contributed by atoms with van der Waals surface area (Å²) in [5, 5.41) is 19.0. The van der Waals surface area contributed by atoms with Crippen molar-refractivity contribution in [3.63, 3.8) is 0 Å². The summed E-state index contributed by atoms with van der Waals surface area (Å²) in [5.74, 6) is 1.83. The van der Waals surface area contributed by atoms with E-state index >= 15 is 0 Å². The Morgan fingerprint density at radius 1 is 1.06 bits per heavy atom. The average Bonchev–Trinajstić information content (AvgIpc) is 3.60. The average molecular weight is 656 g/mol. The van der Waals surface area contributed by atoms with Crippen molar-refractivity contribution in [1.82, 2.24) is 14.9 Å². The van der Waals surface area contributed by atoms with Gasteiger partial charge in [0, 0.05) is 41.2 Å². The van der Waals surface area contributed by atoms with E-state index in [1.54, 1.807) is 13.4 Å². The second-order valence-corrected chi connectivity index (χ2v) is 13.8. The quantitative estimate of drug-likeness (QED) is 0.276. The minimum Gasteiger partial charge on any atom is -0.494 e. The number of hydrogen-bond donors (Lipinski definition) is 1. The summed E-state index contributed by atoms with van der Waals surface area (Å²) >= 11 is 0. The predicted molar refractivity (Wildman–Crippen MR) is 178 cm³/mol. The number of nitriles is 1. The number of carbonyl (C=O) groups is 2. The number of oxazole rings is 1. The van der Waals surface area contributed by atoms with Gasteiger partial charge in [-0.25, -0.2) is 14.8 Å². The molecule has 1 saturated heterocycles. The number of anilines is 1. The number of carbonyl (C=O) groups excluding carboxylic acids is 2. The van der Waals surface area contributed by atoms with Crippen molar-refractivity contribution in [3.05, 3.63) is 59.9 Å². The summed E-state index contributed by atoms with van der Waals surface area (Å²) in [6.07, 6.45) is 6.91. The molecule has 11 nitrogen and oxygen atoms in total. The fraction of sp³-hybridized carbons (Fsp3) is 0.541. The zero-order chi connectivity index (χ0) is 33.8. The highest BCUT2D eigenvalue weighted by Gasteiger charge is 2.36. The Bertz CT molecular complexity index is 1630. The van der Waals surface area contributed by atoms with Gasteiger partial charge in [0.2, 0.25) is 5.91 Å². The van der Waals surface area contributed by atoms with E-state index in [0.717, 1.165) is 48.3 Å². The number of β-amino-alcohol motifs (C(OH)–C–C–N with tert-alkyl or cyclic N) is 1. The summed E-state index contributed by atoms with van der Waals surface area (Å²) in [6.45, 7) is 5.32. The molecule has 1 N–H and O–H groups in total. The minimum absolute atomic E-state index is 0.100. The van der Waals surface area contributed by atoms with Crippen molar-refractivity contribution in [2.45, 2.75) is 89.3 Å². The minimum atomic E-state index is -0.470. The van der Waals surface area contributed by atoms with Crippen LogP contribution in [-0.2, 0) is 9.53 Å². The molecule has 3 aliphatic rings. The standard InChI is InChI=1S/C37H45N5O6/c1-23(2)35-40-33(22-47-35)27-5-4-6-28(17-27)42(36(44)26-11-13-30(14-12-26)48-37(45)41-20-29(43)21-41)19-24-7-9-25(10-8-24)31-15-16-34(46-3)32(18-38)39-31/h4-6,15-17,22-26,29-30,43H,7-14,19-21H2,1-3H3/t24-,25-,26-,30-. The Kier molecular flexibility index (Phi) is 10.3. The predicted octanol–water partition coefficient (Wildman–Crippen LogP) is 6.42. The van der Waals surface area contributed by atoms with Crippen molar-refractivity contribution < 1.29 is 28.6 Å². The lowest BCUT2D eigenvalue weighted by atomic mass is 9.79. The fourth-order valence-electron chi connectivity index (χ4n) is 7.14. The Morgan fingerprint density at radius 2 is 1.81 bits per heavy atom. The lowest BCUT2D eigenvalue weighted by Gasteiger charge is -2.38. The van der Waals surface area contributed by atoms with Crippen LogP contribution in [0.2, 0.25) is 0 Å². The summed E-state index contributed by atoms with van der Waals surface area (Å²) in [6, 6.07) is 13.9. The van der Waals surface area contributed by atoms with E-state index in [1.807, 2.05) is 55.1 Å². The third-order valence-electron chi connectivity index (χ3n) is 10.1. The molecule has 3 fully saturated rings. The van der Waals surface area contributed by atoms with Crippen LogP contribution in [0, 0.1) is 23.2 Å². The molecule has 2 saturated carbocycles. The first-order chi connectivity index (χ1) is 23.2. The van der Waals surface area contributed by atoms with Gasteiger partial charge in [-0.3, -0.25) is 4.79 Å². The van der Waals surface area contributed by atoms with Gasteiger partial charge in [0.15, 0.2) is 17.3 Å². The number of aromatic nitrogens is 2. The van der Waals surface area contributed by atoms with Gasteiger partial charge in [0.25, 0.3) is 0 Å². The van der Waals surface area contributed by atoms with E-state index in [0.29, 0.717) is 68.6 Å². The Morgan fingerprint density at radius 3 is 2.46 bits per heavy atom. The smallest absolute Gasteiger partial charge is 0.410 e. The molecule has 6 rings (SSSR count). The molecule has 0 bridgehead atoms. The van der Waals surface area contributed by atoms with Crippen LogP contribution in [0.1, 0.15) is 94.3 Å². The molecule has 2 aromatic heterocycles. The molecule has 3 heterocycles. The monoisotopic (exact) mass is 655 g/mol. The van der Waals surface area contributed by atoms with Crippen LogP contribution < -0.4 is 9.64 Å². The molecule has 2 amide bonds. The van der Waals surface area contributed by atoms with Crippen LogP contribution in [0.4, 0.5) is 10.5 Å². The molecule has 0 atom stereocenters. The van der Waals surface area contributed by atoms with Crippen molar-refractivity contribution in [3.8, 4) is 23.1 Å². The Labute approximate surface area is 281 Å². The number of benzene rings is 1. The normalized spacial score (nSPS) is 22.9. The molecular weight excluding hydrogens is 610 g/mol. The topological polar surface area (TPSA) is 142 Å². The van der Waals surface area contributed by atoms with E-state index < -0.39 is 6.10 Å².